The predicted molar refractivity (Wildman–Crippen MR) is 75.4 cm³/mol. The van der Waals surface area contributed by atoms with E-state index >= 15 is 0 Å². The summed E-state index contributed by atoms with van der Waals surface area (Å²) >= 11 is 0. The van der Waals surface area contributed by atoms with E-state index in [0.717, 1.165) is 45.6 Å². The fourth-order valence-electron chi connectivity index (χ4n) is 3.14. The molecule has 0 radical (unpaired) electrons. The molecule has 2 unspecified atom stereocenters. The molecule has 1 aliphatic carbocycles. The van der Waals surface area contributed by atoms with Gasteiger partial charge in [-0.05, 0) is 12.8 Å². The molecule has 1 heterocycles. The molecule has 0 spiro atoms. The highest BCUT2D eigenvalue weighted by atomic mass is 16.4. The van der Waals surface area contributed by atoms with Crippen molar-refractivity contribution in [1.82, 2.24) is 15.5 Å². The minimum Gasteiger partial charge on any atom is -0.481 e. The minimum absolute atomic E-state index is 0.0766. The van der Waals surface area contributed by atoms with Gasteiger partial charge in [-0.15, -0.1) is 0 Å². The number of hydrogen-bond donors (Lipinski definition) is 3. The molecule has 1 saturated heterocycles. The number of piperazine rings is 1. The molecule has 6 nitrogen and oxygen atoms in total. The lowest BCUT2D eigenvalue weighted by molar-refractivity contribution is -0.148. The number of rotatable bonds is 5. The van der Waals surface area contributed by atoms with Gasteiger partial charge < -0.3 is 15.7 Å². The summed E-state index contributed by atoms with van der Waals surface area (Å²) in [5, 5.41) is 15.4. The number of carbonyl (C=O) groups excluding carboxylic acids is 1. The van der Waals surface area contributed by atoms with Crippen LogP contribution in [0.5, 0.6) is 0 Å². The zero-order valence-electron chi connectivity index (χ0n) is 11.9. The molecule has 20 heavy (non-hydrogen) atoms. The predicted octanol–water partition coefficient (Wildman–Crippen LogP) is -0.101. The third kappa shape index (κ3) is 4.18. The van der Waals surface area contributed by atoms with Gasteiger partial charge in [-0.25, -0.2) is 0 Å². The Kier molecular flexibility index (Phi) is 5.79. The highest BCUT2D eigenvalue weighted by Gasteiger charge is 2.35. The van der Waals surface area contributed by atoms with Crippen molar-refractivity contribution in [2.45, 2.75) is 25.7 Å². The van der Waals surface area contributed by atoms with Gasteiger partial charge in [0.05, 0.1) is 11.8 Å². The summed E-state index contributed by atoms with van der Waals surface area (Å²) in [5.41, 5.74) is 0. The maximum atomic E-state index is 12.1. The molecule has 6 heteroatoms. The van der Waals surface area contributed by atoms with Crippen LogP contribution in [0, 0.1) is 11.8 Å². The summed E-state index contributed by atoms with van der Waals surface area (Å²) < 4.78 is 0. The average Bonchev–Trinajstić information content (AvgIpc) is 2.48. The Balaban J connectivity index is 1.73. The molecule has 1 saturated carbocycles. The highest BCUT2D eigenvalue weighted by molar-refractivity contribution is 5.84. The van der Waals surface area contributed by atoms with Crippen molar-refractivity contribution in [2.75, 3.05) is 39.3 Å². The van der Waals surface area contributed by atoms with E-state index in [0.29, 0.717) is 19.4 Å². The number of amides is 1. The maximum absolute atomic E-state index is 12.1. The first-order chi connectivity index (χ1) is 9.68. The van der Waals surface area contributed by atoms with E-state index in [2.05, 4.69) is 15.5 Å². The van der Waals surface area contributed by atoms with Gasteiger partial charge in [0.1, 0.15) is 0 Å². The largest absolute Gasteiger partial charge is 0.481 e. The van der Waals surface area contributed by atoms with Crippen molar-refractivity contribution in [3.05, 3.63) is 0 Å². The first-order valence-corrected chi connectivity index (χ1v) is 7.62. The number of nitrogens with one attached hydrogen (secondary N) is 2. The Morgan fingerprint density at radius 3 is 2.45 bits per heavy atom. The number of carbonyl (C=O) groups is 2. The quantitative estimate of drug-likeness (QED) is 0.656. The molecule has 2 rings (SSSR count). The van der Waals surface area contributed by atoms with Gasteiger partial charge in [-0.3, -0.25) is 14.5 Å². The second kappa shape index (κ2) is 7.59. The van der Waals surface area contributed by atoms with E-state index in [-0.39, 0.29) is 11.8 Å². The zero-order valence-corrected chi connectivity index (χ0v) is 11.9. The lowest BCUT2D eigenvalue weighted by Gasteiger charge is -2.29. The number of carboxylic acid groups (broad SMARTS) is 1. The monoisotopic (exact) mass is 283 g/mol. The van der Waals surface area contributed by atoms with Crippen molar-refractivity contribution < 1.29 is 14.7 Å². The number of carboxylic acids is 1. The van der Waals surface area contributed by atoms with E-state index in [4.69, 9.17) is 0 Å². The first kappa shape index (κ1) is 15.3. The summed E-state index contributed by atoms with van der Waals surface area (Å²) in [6.45, 7) is 5.48. The Morgan fingerprint density at radius 1 is 1.15 bits per heavy atom. The lowest BCUT2D eigenvalue weighted by atomic mass is 9.79. The summed E-state index contributed by atoms with van der Waals surface area (Å²) in [7, 11) is 0. The number of nitrogens with zero attached hydrogens (tertiary/aromatic N) is 1. The topological polar surface area (TPSA) is 81.7 Å². The van der Waals surface area contributed by atoms with Crippen LogP contribution in [0.25, 0.3) is 0 Å². The molecule has 2 fully saturated rings. The van der Waals surface area contributed by atoms with Crippen LogP contribution in [0.3, 0.4) is 0 Å². The molecule has 114 valence electrons. The molecule has 0 bridgehead atoms. The third-order valence-corrected chi connectivity index (χ3v) is 4.36. The minimum atomic E-state index is -0.827. The fraction of sp³-hybridized carbons (Fsp3) is 0.857. The van der Waals surface area contributed by atoms with Gasteiger partial charge in [0, 0.05) is 39.3 Å². The number of aliphatic carboxylic acids is 1. The van der Waals surface area contributed by atoms with Crippen LogP contribution in [-0.4, -0.2) is 61.2 Å². The second-order valence-corrected chi connectivity index (χ2v) is 5.72. The molecular weight excluding hydrogens is 258 g/mol. The van der Waals surface area contributed by atoms with Gasteiger partial charge in [-0.2, -0.15) is 0 Å². The van der Waals surface area contributed by atoms with Crippen LogP contribution >= 0.6 is 0 Å². The zero-order chi connectivity index (χ0) is 14.4. The summed E-state index contributed by atoms with van der Waals surface area (Å²) in [6.07, 6.45) is 3.21. The van der Waals surface area contributed by atoms with Crippen LogP contribution < -0.4 is 10.6 Å². The second-order valence-electron chi connectivity index (χ2n) is 5.72. The van der Waals surface area contributed by atoms with E-state index in [1.807, 2.05) is 0 Å². The van der Waals surface area contributed by atoms with Crippen LogP contribution in [-0.2, 0) is 9.59 Å². The van der Waals surface area contributed by atoms with Gasteiger partial charge >= 0.3 is 5.97 Å². The van der Waals surface area contributed by atoms with Crippen LogP contribution in [0.4, 0.5) is 0 Å². The summed E-state index contributed by atoms with van der Waals surface area (Å²) in [5.74, 6) is -1.74. The van der Waals surface area contributed by atoms with Crippen LogP contribution in [0.15, 0.2) is 0 Å². The molecule has 1 aliphatic heterocycles. The van der Waals surface area contributed by atoms with E-state index in [1.165, 1.54) is 0 Å². The average molecular weight is 283 g/mol. The maximum Gasteiger partial charge on any atom is 0.307 e. The highest BCUT2D eigenvalue weighted by Crippen LogP contribution is 2.30. The SMILES string of the molecule is O=C(O)C1CCCCC1C(=O)NCCN1CCNCC1. The van der Waals surface area contributed by atoms with Crippen LogP contribution in [0.2, 0.25) is 0 Å². The first-order valence-electron chi connectivity index (χ1n) is 7.62. The van der Waals surface area contributed by atoms with Gasteiger partial charge in [0.15, 0.2) is 0 Å². The fourth-order valence-corrected chi connectivity index (χ4v) is 3.14. The lowest BCUT2D eigenvalue weighted by Crippen LogP contribution is -2.47. The molecule has 3 N–H and O–H groups in total. The molecular formula is C14H25N3O3. The molecule has 2 atom stereocenters. The van der Waals surface area contributed by atoms with Gasteiger partial charge in [0.25, 0.3) is 0 Å². The number of hydrogen-bond acceptors (Lipinski definition) is 4. The van der Waals surface area contributed by atoms with E-state index in [1.54, 1.807) is 0 Å². The van der Waals surface area contributed by atoms with E-state index < -0.39 is 11.9 Å². The van der Waals surface area contributed by atoms with Crippen molar-refractivity contribution in [3.8, 4) is 0 Å². The molecule has 0 aromatic heterocycles. The molecule has 0 aromatic rings. The smallest absolute Gasteiger partial charge is 0.307 e. The van der Waals surface area contributed by atoms with E-state index in [9.17, 15) is 14.7 Å². The Morgan fingerprint density at radius 2 is 1.80 bits per heavy atom. The Hall–Kier alpha value is -1.14. The van der Waals surface area contributed by atoms with Crippen molar-refractivity contribution >= 4 is 11.9 Å². The van der Waals surface area contributed by atoms with Gasteiger partial charge in [0.2, 0.25) is 5.91 Å². The van der Waals surface area contributed by atoms with Crippen molar-refractivity contribution in [3.63, 3.8) is 0 Å². The standard InChI is InChI=1S/C14H25N3O3/c18-13(11-3-1-2-4-12(11)14(19)20)16-7-10-17-8-5-15-6-9-17/h11-12,15H,1-10H2,(H,16,18)(H,19,20). The summed E-state index contributed by atoms with van der Waals surface area (Å²) in [4.78, 5) is 25.7. The molecule has 0 aromatic carbocycles. The van der Waals surface area contributed by atoms with Crippen LogP contribution in [0.1, 0.15) is 25.7 Å². The molecule has 1 amide bonds. The van der Waals surface area contributed by atoms with Crippen molar-refractivity contribution in [2.24, 2.45) is 11.8 Å². The summed E-state index contributed by atoms with van der Waals surface area (Å²) in [6, 6.07) is 0. The van der Waals surface area contributed by atoms with Gasteiger partial charge in [-0.1, -0.05) is 12.8 Å². The third-order valence-electron chi connectivity index (χ3n) is 4.36. The Labute approximate surface area is 119 Å². The van der Waals surface area contributed by atoms with Crippen molar-refractivity contribution in [1.29, 1.82) is 0 Å². The normalized spacial score (nSPS) is 28.0. The Bertz CT molecular complexity index is 343. The molecule has 2 aliphatic rings.